The van der Waals surface area contributed by atoms with Crippen molar-refractivity contribution < 1.29 is 18.7 Å². The van der Waals surface area contributed by atoms with Crippen LogP contribution in [0.2, 0.25) is 5.02 Å². The van der Waals surface area contributed by atoms with Gasteiger partial charge in [0.15, 0.2) is 0 Å². The Morgan fingerprint density at radius 1 is 1.08 bits per heavy atom. The van der Waals surface area contributed by atoms with Crippen LogP contribution in [0.4, 0.5) is 15.8 Å². The molecule has 0 saturated carbocycles. The molecule has 1 aliphatic rings. The number of rotatable bonds is 4. The van der Waals surface area contributed by atoms with Crippen LogP contribution < -0.4 is 15.0 Å². The zero-order valence-electron chi connectivity index (χ0n) is 12.8. The molecule has 1 aliphatic heterocycles. The standard InChI is InChI=1S/C17H11Cl2FN2O3/c1-25-13-7-6-9(18)8-12(13)22-16(23)14(19)15(17(22)24)21-11-5-3-2-4-10(11)20/h2-8,21H,1H3. The number of carbonyl (C=O) groups excluding carboxylic acids is 2. The first-order valence-corrected chi connectivity index (χ1v) is 7.83. The summed E-state index contributed by atoms with van der Waals surface area (Å²) in [5, 5.41) is 2.53. The van der Waals surface area contributed by atoms with E-state index < -0.39 is 17.6 Å². The van der Waals surface area contributed by atoms with Gasteiger partial charge in [0.05, 0.1) is 18.5 Å². The first-order valence-electron chi connectivity index (χ1n) is 7.07. The Bertz CT molecular complexity index is 915. The number of nitrogens with zero attached hydrogens (tertiary/aromatic N) is 1. The predicted octanol–water partition coefficient (Wildman–Crippen LogP) is 3.92. The van der Waals surface area contributed by atoms with E-state index in [0.717, 1.165) is 4.90 Å². The minimum absolute atomic E-state index is 0.0247. The van der Waals surface area contributed by atoms with Gasteiger partial charge in [0.25, 0.3) is 11.8 Å². The quantitative estimate of drug-likeness (QED) is 0.816. The normalized spacial score (nSPS) is 14.3. The number of ether oxygens (including phenoxy) is 1. The number of benzene rings is 2. The summed E-state index contributed by atoms with van der Waals surface area (Å²) < 4.78 is 19.0. The second-order valence-corrected chi connectivity index (χ2v) is 5.87. The lowest BCUT2D eigenvalue weighted by Crippen LogP contribution is -2.32. The van der Waals surface area contributed by atoms with Crippen molar-refractivity contribution in [3.05, 3.63) is 64.0 Å². The molecule has 2 aromatic rings. The van der Waals surface area contributed by atoms with E-state index in [9.17, 15) is 14.0 Å². The highest BCUT2D eigenvalue weighted by molar-refractivity contribution is 6.53. The SMILES string of the molecule is COc1ccc(Cl)cc1N1C(=O)C(Cl)=C(Nc2ccccc2F)C1=O. The molecule has 0 unspecified atom stereocenters. The highest BCUT2D eigenvalue weighted by atomic mass is 35.5. The number of methoxy groups -OCH3 is 1. The lowest BCUT2D eigenvalue weighted by Gasteiger charge is -2.18. The van der Waals surface area contributed by atoms with Gasteiger partial charge in [-0.05, 0) is 30.3 Å². The smallest absolute Gasteiger partial charge is 0.283 e. The van der Waals surface area contributed by atoms with Crippen molar-refractivity contribution in [2.75, 3.05) is 17.3 Å². The summed E-state index contributed by atoms with van der Waals surface area (Å²) in [6, 6.07) is 10.2. The Labute approximate surface area is 152 Å². The van der Waals surface area contributed by atoms with Gasteiger partial charge in [0.2, 0.25) is 0 Å². The third kappa shape index (κ3) is 3.06. The number of carbonyl (C=O) groups is 2. The Balaban J connectivity index is 2.00. The van der Waals surface area contributed by atoms with Crippen LogP contribution in [-0.2, 0) is 9.59 Å². The van der Waals surface area contributed by atoms with Crippen molar-refractivity contribution in [2.45, 2.75) is 0 Å². The van der Waals surface area contributed by atoms with Gasteiger partial charge in [0, 0.05) is 5.02 Å². The van der Waals surface area contributed by atoms with Crippen LogP contribution in [0, 0.1) is 5.82 Å². The maximum Gasteiger partial charge on any atom is 0.283 e. The molecule has 0 atom stereocenters. The molecule has 8 heteroatoms. The third-order valence-electron chi connectivity index (χ3n) is 3.54. The Hall–Kier alpha value is -2.57. The molecule has 5 nitrogen and oxygen atoms in total. The van der Waals surface area contributed by atoms with E-state index in [-0.39, 0.29) is 27.9 Å². The highest BCUT2D eigenvalue weighted by Crippen LogP contribution is 2.37. The summed E-state index contributed by atoms with van der Waals surface area (Å²) >= 11 is 12.0. The van der Waals surface area contributed by atoms with Crippen molar-refractivity contribution in [3.8, 4) is 5.75 Å². The topological polar surface area (TPSA) is 58.6 Å². The molecule has 25 heavy (non-hydrogen) atoms. The fraction of sp³-hybridized carbons (Fsp3) is 0.0588. The number of hydrogen-bond acceptors (Lipinski definition) is 4. The van der Waals surface area contributed by atoms with Crippen LogP contribution in [0.15, 0.2) is 53.2 Å². The maximum atomic E-state index is 13.8. The first kappa shape index (κ1) is 17.3. The molecule has 0 bridgehead atoms. The maximum absolute atomic E-state index is 13.8. The Morgan fingerprint density at radius 3 is 2.48 bits per heavy atom. The fourth-order valence-corrected chi connectivity index (χ4v) is 2.74. The van der Waals surface area contributed by atoms with Gasteiger partial charge in [0.1, 0.15) is 22.3 Å². The lowest BCUT2D eigenvalue weighted by molar-refractivity contribution is -0.120. The van der Waals surface area contributed by atoms with Gasteiger partial charge in [-0.3, -0.25) is 9.59 Å². The van der Waals surface area contributed by atoms with E-state index in [1.165, 1.54) is 37.4 Å². The van der Waals surface area contributed by atoms with E-state index in [1.54, 1.807) is 12.1 Å². The van der Waals surface area contributed by atoms with Gasteiger partial charge in [-0.1, -0.05) is 35.3 Å². The molecule has 0 aliphatic carbocycles. The minimum Gasteiger partial charge on any atom is -0.495 e. The summed E-state index contributed by atoms with van der Waals surface area (Å²) in [6.07, 6.45) is 0. The van der Waals surface area contributed by atoms with E-state index in [0.29, 0.717) is 5.02 Å². The van der Waals surface area contributed by atoms with Crippen LogP contribution >= 0.6 is 23.2 Å². The fourth-order valence-electron chi connectivity index (χ4n) is 2.37. The molecule has 1 heterocycles. The minimum atomic E-state index is -0.758. The van der Waals surface area contributed by atoms with Gasteiger partial charge < -0.3 is 10.1 Å². The number of halogens is 3. The summed E-state index contributed by atoms with van der Waals surface area (Å²) in [4.78, 5) is 26.0. The number of amides is 2. The monoisotopic (exact) mass is 380 g/mol. The van der Waals surface area contributed by atoms with Crippen molar-refractivity contribution in [1.29, 1.82) is 0 Å². The second-order valence-electron chi connectivity index (χ2n) is 5.06. The zero-order valence-corrected chi connectivity index (χ0v) is 14.4. The van der Waals surface area contributed by atoms with Crippen LogP contribution in [0.5, 0.6) is 5.75 Å². The number of nitrogens with one attached hydrogen (secondary N) is 1. The molecule has 0 fully saturated rings. The Kier molecular flexibility index (Phi) is 4.65. The zero-order chi connectivity index (χ0) is 18.1. The van der Waals surface area contributed by atoms with Crippen molar-refractivity contribution >= 4 is 46.4 Å². The molecule has 2 amide bonds. The second kappa shape index (κ2) is 6.74. The molecule has 0 radical (unpaired) electrons. The molecule has 2 aromatic carbocycles. The summed E-state index contributed by atoms with van der Waals surface area (Å²) in [7, 11) is 1.39. The largest absolute Gasteiger partial charge is 0.495 e. The van der Waals surface area contributed by atoms with E-state index in [1.807, 2.05) is 0 Å². The summed E-state index contributed by atoms with van der Waals surface area (Å²) in [5.41, 5.74) is -0.0519. The first-order chi connectivity index (χ1) is 11.9. The summed E-state index contributed by atoms with van der Waals surface area (Å²) in [5.74, 6) is -1.81. The molecule has 1 N–H and O–H groups in total. The van der Waals surface area contributed by atoms with Crippen LogP contribution in [0.1, 0.15) is 0 Å². The van der Waals surface area contributed by atoms with E-state index in [4.69, 9.17) is 27.9 Å². The predicted molar refractivity (Wildman–Crippen MR) is 93.4 cm³/mol. The molecule has 0 saturated heterocycles. The number of para-hydroxylation sites is 1. The van der Waals surface area contributed by atoms with Crippen LogP contribution in [-0.4, -0.2) is 18.9 Å². The van der Waals surface area contributed by atoms with Crippen molar-refractivity contribution in [3.63, 3.8) is 0 Å². The van der Waals surface area contributed by atoms with Gasteiger partial charge in [-0.2, -0.15) is 0 Å². The van der Waals surface area contributed by atoms with E-state index >= 15 is 0 Å². The van der Waals surface area contributed by atoms with Gasteiger partial charge in [-0.15, -0.1) is 0 Å². The average Bonchev–Trinajstić information content (AvgIpc) is 2.80. The molecular weight excluding hydrogens is 370 g/mol. The molecule has 3 rings (SSSR count). The Morgan fingerprint density at radius 2 is 1.80 bits per heavy atom. The molecule has 128 valence electrons. The van der Waals surface area contributed by atoms with Gasteiger partial charge in [-0.25, -0.2) is 9.29 Å². The van der Waals surface area contributed by atoms with Crippen molar-refractivity contribution in [2.24, 2.45) is 0 Å². The number of hydrogen-bond donors (Lipinski definition) is 1. The van der Waals surface area contributed by atoms with E-state index in [2.05, 4.69) is 5.32 Å². The van der Waals surface area contributed by atoms with Crippen LogP contribution in [0.25, 0.3) is 0 Å². The number of anilines is 2. The molecule has 0 aromatic heterocycles. The third-order valence-corrected chi connectivity index (χ3v) is 4.13. The molecular formula is C17H11Cl2FN2O3. The average molecular weight is 381 g/mol. The molecule has 0 spiro atoms. The summed E-state index contributed by atoms with van der Waals surface area (Å²) in [6.45, 7) is 0. The number of imide groups is 1. The highest BCUT2D eigenvalue weighted by Gasteiger charge is 2.40. The lowest BCUT2D eigenvalue weighted by atomic mass is 10.2. The van der Waals surface area contributed by atoms with Crippen molar-refractivity contribution in [1.82, 2.24) is 0 Å². The van der Waals surface area contributed by atoms with Gasteiger partial charge >= 0.3 is 0 Å². The van der Waals surface area contributed by atoms with Crippen LogP contribution in [0.3, 0.4) is 0 Å².